The lowest BCUT2D eigenvalue weighted by atomic mass is 10.1. The number of sulfonamides is 1. The van der Waals surface area contributed by atoms with E-state index in [-0.39, 0.29) is 50.5 Å². The number of halogens is 8. The van der Waals surface area contributed by atoms with Gasteiger partial charge in [-0.25, -0.2) is 27.5 Å². The van der Waals surface area contributed by atoms with Crippen LogP contribution in [0.4, 0.5) is 37.1 Å². The summed E-state index contributed by atoms with van der Waals surface area (Å²) in [5.74, 6) is -3.61. The Morgan fingerprint density at radius 3 is 2.06 bits per heavy atom. The number of carboxylic acids is 2. The number of carboxylic acid groups (broad SMARTS) is 2. The van der Waals surface area contributed by atoms with Gasteiger partial charge in [-0.3, -0.25) is 15.4 Å². The van der Waals surface area contributed by atoms with Crippen LogP contribution in [0.15, 0.2) is 65.6 Å². The molecule has 0 saturated heterocycles. The molecule has 0 fully saturated rings. The minimum Gasteiger partial charge on any atom is -0.778 e. The number of alkyl halides is 6. The van der Waals surface area contributed by atoms with E-state index in [9.17, 15) is 63.4 Å². The lowest BCUT2D eigenvalue weighted by Gasteiger charge is -2.14. The SMILES string of the molecule is COc1nc(C)nc(NC(=O)NS(=O)(=O)c2ccccc2CCC(F)(F)F)n1.C[C@H](OC(=O)c1cc(Oc2ccc(C(F)(F)F)cc2Cl)ccc1Cl)C(=O)O.C[S+](C)C.O=C(O)CNCP(=O)([O-])O. The highest BCUT2D eigenvalue weighted by Gasteiger charge is 2.32. The minimum absolute atomic E-state index is 0.0246. The number of aromatic nitrogens is 3. The number of hydrogen-bond acceptors (Lipinski definition) is 15. The molecule has 382 valence electrons. The van der Waals surface area contributed by atoms with Crippen molar-refractivity contribution < 1.29 is 92.7 Å². The van der Waals surface area contributed by atoms with Crippen molar-refractivity contribution in [1.82, 2.24) is 25.0 Å². The maximum Gasteiger partial charge on any atom is 0.416 e. The molecule has 0 aliphatic rings. The van der Waals surface area contributed by atoms with Crippen LogP contribution in [-0.4, -0.2) is 113 Å². The number of hydrogen-bond donors (Lipinski definition) is 6. The summed E-state index contributed by atoms with van der Waals surface area (Å²) in [4.78, 5) is 73.5. The summed E-state index contributed by atoms with van der Waals surface area (Å²) in [5, 5.41) is 20.5. The molecule has 31 heteroatoms. The number of aryl methyl sites for hydroxylation is 2. The summed E-state index contributed by atoms with van der Waals surface area (Å²) in [5.41, 5.74) is -1.19. The van der Waals surface area contributed by atoms with Crippen LogP contribution in [0.1, 0.15) is 40.7 Å². The van der Waals surface area contributed by atoms with Gasteiger partial charge in [0.05, 0.1) is 64.8 Å². The topological polar surface area (TPSA) is 306 Å². The van der Waals surface area contributed by atoms with Gasteiger partial charge in [0.2, 0.25) is 5.95 Å². The fourth-order valence-electron chi connectivity index (χ4n) is 4.35. The number of esters is 1. The molecular weight excluding hydrogens is 1040 g/mol. The number of urea groups is 1. The second kappa shape index (κ2) is 27.6. The van der Waals surface area contributed by atoms with E-state index in [2.05, 4.69) is 39.0 Å². The number of amides is 2. The molecule has 1 aromatic heterocycles. The van der Waals surface area contributed by atoms with E-state index in [1.807, 2.05) is 5.32 Å². The average Bonchev–Trinajstić information content (AvgIpc) is 3.20. The highest BCUT2D eigenvalue weighted by Crippen LogP contribution is 2.37. The molecule has 69 heavy (non-hydrogen) atoms. The summed E-state index contributed by atoms with van der Waals surface area (Å²) in [6, 6.07) is 10.1. The first-order valence-electron chi connectivity index (χ1n) is 18.6. The van der Waals surface area contributed by atoms with E-state index in [4.69, 9.17) is 52.5 Å². The number of methoxy groups -OCH3 is 1. The molecule has 1 unspecified atom stereocenters. The van der Waals surface area contributed by atoms with E-state index in [0.29, 0.717) is 17.0 Å². The van der Waals surface area contributed by atoms with Crippen LogP contribution in [-0.2, 0) is 52.4 Å². The molecular formula is C38H43Cl2F6N6O14PS2. The quantitative estimate of drug-likeness (QED) is 0.0330. The van der Waals surface area contributed by atoms with Crippen LogP contribution in [0, 0.1) is 6.92 Å². The van der Waals surface area contributed by atoms with Gasteiger partial charge in [0.1, 0.15) is 24.9 Å². The van der Waals surface area contributed by atoms with Crippen LogP contribution in [0.3, 0.4) is 0 Å². The predicted octanol–water partition coefficient (Wildman–Crippen LogP) is 6.29. The van der Waals surface area contributed by atoms with Crippen molar-refractivity contribution in [3.8, 4) is 17.5 Å². The van der Waals surface area contributed by atoms with Crippen molar-refractivity contribution >= 4 is 81.6 Å². The third kappa shape index (κ3) is 25.1. The molecule has 0 aliphatic carbocycles. The van der Waals surface area contributed by atoms with Gasteiger partial charge >= 0.3 is 42.3 Å². The molecule has 0 saturated carbocycles. The number of anilines is 1. The van der Waals surface area contributed by atoms with Crippen LogP contribution in [0.25, 0.3) is 0 Å². The second-order valence-corrected chi connectivity index (χ2v) is 20.1. The van der Waals surface area contributed by atoms with Crippen molar-refractivity contribution in [3.63, 3.8) is 0 Å². The maximum absolute atomic E-state index is 12.7. The molecule has 20 nitrogen and oxygen atoms in total. The van der Waals surface area contributed by atoms with Gasteiger partial charge in [-0.15, -0.1) is 0 Å². The number of aliphatic carboxylic acids is 2. The third-order valence-electron chi connectivity index (χ3n) is 7.17. The first-order chi connectivity index (χ1) is 31.6. The summed E-state index contributed by atoms with van der Waals surface area (Å²) < 4.78 is 127. The van der Waals surface area contributed by atoms with Gasteiger partial charge in [0.15, 0.2) is 6.10 Å². The molecule has 6 N–H and O–H groups in total. The molecule has 0 aliphatic heterocycles. The Bertz CT molecular complexity index is 2560. The van der Waals surface area contributed by atoms with E-state index in [1.165, 1.54) is 44.4 Å². The smallest absolute Gasteiger partial charge is 0.416 e. The van der Waals surface area contributed by atoms with E-state index in [0.717, 1.165) is 31.2 Å². The molecule has 1 heterocycles. The number of nitrogens with zero attached hydrogens (tertiary/aromatic N) is 3. The molecule has 0 spiro atoms. The van der Waals surface area contributed by atoms with Crippen molar-refractivity contribution in [2.24, 2.45) is 0 Å². The highest BCUT2D eigenvalue weighted by atomic mass is 35.5. The summed E-state index contributed by atoms with van der Waals surface area (Å²) in [6.45, 7) is 2.18. The number of carbonyl (C=O) groups is 4. The Kier molecular flexibility index (Phi) is 24.7. The summed E-state index contributed by atoms with van der Waals surface area (Å²) in [6.07, 6.45) is -6.28. The molecule has 4 rings (SSSR count). The molecule has 4 aromatic rings. The van der Waals surface area contributed by atoms with Gasteiger partial charge in [0, 0.05) is 6.42 Å². The van der Waals surface area contributed by atoms with E-state index >= 15 is 0 Å². The zero-order chi connectivity index (χ0) is 53.1. The van der Waals surface area contributed by atoms with Crippen LogP contribution < -0.4 is 29.7 Å². The highest BCUT2D eigenvalue weighted by molar-refractivity contribution is 7.94. The number of ether oxygens (including phenoxy) is 3. The van der Waals surface area contributed by atoms with Crippen molar-refractivity contribution in [2.75, 3.05) is 44.0 Å². The first-order valence-corrected chi connectivity index (χ1v) is 25.1. The standard InChI is InChI=1S/C17H11Cl2F3O5.C15H16F3N5O4S.C3H8NO5P.C3H9S/c1-8(15(23)24)26-16(25)11-7-10(3-4-12(11)18)27-14-5-2-9(6-13(14)19)17(20,21)22;1-9-19-12(22-14(20-9)27-2)21-13(24)23-28(25,26)11-6-4-3-5-10(11)7-8-15(16,17)18;5-3(6)1-4-2-10(7,8)9;1-4(2)3/h2-8H,1H3,(H,23,24);3-6H,7-8H2,1-2H3,(H2,19,20,21,22,23,24);4H,1-2H2,(H,5,6)(H2,7,8,9);1-3H3/q;;;+1/p-1/t8-;;;/m0.../s1. The molecule has 2 amide bonds. The summed E-state index contributed by atoms with van der Waals surface area (Å²) >= 11 is 11.7. The second-order valence-electron chi connectivity index (χ2n) is 13.6. The number of nitrogens with one attached hydrogen (secondary N) is 3. The Labute approximate surface area is 402 Å². The van der Waals surface area contributed by atoms with Gasteiger partial charge in [-0.1, -0.05) is 41.4 Å². The fraction of sp³-hybridized carbons (Fsp3) is 0.342. The number of carbonyl (C=O) groups excluding carboxylic acids is 2. The number of rotatable bonds is 15. The Hall–Kier alpha value is -5.48. The van der Waals surface area contributed by atoms with Crippen LogP contribution in [0.2, 0.25) is 10.0 Å². The number of benzene rings is 3. The van der Waals surface area contributed by atoms with Crippen LogP contribution >= 0.6 is 30.8 Å². The van der Waals surface area contributed by atoms with Gasteiger partial charge in [-0.2, -0.15) is 41.3 Å². The monoisotopic (exact) mass is 1090 g/mol. The van der Waals surface area contributed by atoms with Crippen molar-refractivity contribution in [2.45, 2.75) is 50.0 Å². The molecule has 0 bridgehead atoms. The normalized spacial score (nSPS) is 12.5. The van der Waals surface area contributed by atoms with Crippen LogP contribution in [0.5, 0.6) is 17.5 Å². The van der Waals surface area contributed by atoms with E-state index in [1.54, 1.807) is 4.72 Å². The largest absolute Gasteiger partial charge is 0.778 e. The lowest BCUT2D eigenvalue weighted by Crippen LogP contribution is -2.35. The lowest BCUT2D eigenvalue weighted by molar-refractivity contribution is -0.193. The fourth-order valence-corrected chi connectivity index (χ4v) is 6.33. The Morgan fingerprint density at radius 1 is 0.928 bits per heavy atom. The predicted molar refractivity (Wildman–Crippen MR) is 237 cm³/mol. The first kappa shape index (κ1) is 61.5. The molecule has 3 aromatic carbocycles. The zero-order valence-corrected chi connectivity index (χ0v) is 40.7. The molecule has 2 atom stereocenters. The Balaban J connectivity index is 0.000000543. The van der Waals surface area contributed by atoms with E-state index < -0.39 is 96.1 Å². The summed E-state index contributed by atoms with van der Waals surface area (Å²) in [7, 11) is -6.85. The van der Waals surface area contributed by atoms with Crippen molar-refractivity contribution in [1.29, 1.82) is 0 Å². The Morgan fingerprint density at radius 2 is 1.54 bits per heavy atom. The van der Waals surface area contributed by atoms with Crippen molar-refractivity contribution in [3.05, 3.63) is 93.2 Å². The van der Waals surface area contributed by atoms with Gasteiger partial charge in [-0.05, 0) is 79.2 Å². The average molecular weight is 1090 g/mol. The van der Waals surface area contributed by atoms with Gasteiger partial charge < -0.3 is 38.8 Å². The third-order valence-corrected chi connectivity index (χ3v) is 9.85. The maximum atomic E-state index is 12.7. The van der Waals surface area contributed by atoms with Gasteiger partial charge in [0.25, 0.3) is 10.0 Å². The minimum atomic E-state index is -4.56. The zero-order valence-electron chi connectivity index (χ0n) is 36.6. The molecule has 0 radical (unpaired) electrons.